The predicted molar refractivity (Wildman–Crippen MR) is 120 cm³/mol. The number of fused-ring (bicyclic) bond motifs is 2. The molecule has 168 valence electrons. The van der Waals surface area contributed by atoms with Gasteiger partial charge in [0, 0.05) is 36.6 Å². The average Bonchev–Trinajstić information content (AvgIpc) is 3.31. The van der Waals surface area contributed by atoms with Crippen LogP contribution in [0.3, 0.4) is 0 Å². The second kappa shape index (κ2) is 7.51. The van der Waals surface area contributed by atoms with Crippen molar-refractivity contribution in [3.05, 3.63) is 43.1 Å². The van der Waals surface area contributed by atoms with Crippen LogP contribution in [0.5, 0.6) is 5.75 Å². The van der Waals surface area contributed by atoms with E-state index < -0.39 is 11.7 Å². The van der Waals surface area contributed by atoms with E-state index in [1.54, 1.807) is 41.6 Å². The maximum Gasteiger partial charge on any atom is 0.185 e. The lowest BCUT2D eigenvalue weighted by Gasteiger charge is -2.56. The molecule has 4 atom stereocenters. The number of rotatable bonds is 4. The van der Waals surface area contributed by atoms with Crippen LogP contribution in [0.15, 0.2) is 43.1 Å². The van der Waals surface area contributed by atoms with Gasteiger partial charge in [0.15, 0.2) is 11.6 Å². The summed E-state index contributed by atoms with van der Waals surface area (Å²) in [6.07, 6.45) is 9.29. The zero-order chi connectivity index (χ0) is 22.5. The predicted octanol–water partition coefficient (Wildman–Crippen LogP) is 3.27. The summed E-state index contributed by atoms with van der Waals surface area (Å²) in [5.41, 5.74) is 0.641. The van der Waals surface area contributed by atoms with Crippen LogP contribution >= 0.6 is 0 Å². The number of halogens is 1. The Labute approximate surface area is 186 Å². The van der Waals surface area contributed by atoms with Crippen LogP contribution in [0.25, 0.3) is 17.1 Å². The number of nitrogens with one attached hydrogen (secondary N) is 1. The van der Waals surface area contributed by atoms with Crippen LogP contribution < -0.4 is 10.2 Å². The molecule has 0 saturated carbocycles. The summed E-state index contributed by atoms with van der Waals surface area (Å²) in [6, 6.07) is 4.92. The molecule has 2 N–H and O–H groups in total. The lowest BCUT2D eigenvalue weighted by molar-refractivity contribution is 0.00193. The Hall–Kier alpha value is -3.07. The molecule has 4 heterocycles. The number of aromatic hydroxyl groups is 1. The summed E-state index contributed by atoms with van der Waals surface area (Å²) < 4.78 is 17.3. The summed E-state index contributed by atoms with van der Waals surface area (Å²) in [4.78, 5) is 10.3. The summed E-state index contributed by atoms with van der Waals surface area (Å²) in [6.45, 7) is 4.17. The number of aromatic nitrogens is 5. The molecule has 2 bridgehead atoms. The fourth-order valence-corrected chi connectivity index (χ4v) is 5.35. The molecule has 2 saturated heterocycles. The zero-order valence-electron chi connectivity index (χ0n) is 18.5. The first kappa shape index (κ1) is 20.8. The molecule has 0 spiro atoms. The van der Waals surface area contributed by atoms with Crippen LogP contribution in [0, 0.1) is 0 Å². The summed E-state index contributed by atoms with van der Waals surface area (Å²) in [7, 11) is 1.85. The van der Waals surface area contributed by atoms with Crippen molar-refractivity contribution in [2.75, 3.05) is 11.9 Å². The molecule has 32 heavy (non-hydrogen) atoms. The number of phenols is 1. The lowest BCUT2D eigenvalue weighted by Crippen LogP contribution is -2.72. The van der Waals surface area contributed by atoms with Gasteiger partial charge >= 0.3 is 0 Å². The molecule has 9 heteroatoms. The minimum absolute atomic E-state index is 0.0509. The second-order valence-electron chi connectivity index (χ2n) is 9.55. The molecule has 3 aromatic rings. The lowest BCUT2D eigenvalue weighted by atomic mass is 9.68. The summed E-state index contributed by atoms with van der Waals surface area (Å²) >= 11 is 0. The Balaban J connectivity index is 1.38. The van der Waals surface area contributed by atoms with Crippen molar-refractivity contribution in [2.24, 2.45) is 0 Å². The minimum Gasteiger partial charge on any atom is -0.507 e. The number of nitrogens with zero attached hydrogens (tertiary/aromatic N) is 6. The molecular weight excluding hydrogens is 409 g/mol. The number of imidazole rings is 1. The van der Waals surface area contributed by atoms with E-state index in [0.717, 1.165) is 24.9 Å². The SMILES string of the molecule is CN(c1cnc(-c2ccc(-n3ccnc3)cc2O)nn1)[C@@H]1C[C@@]2(C)CCC[C@](C)(N2)[C@@H]1F. The number of phenolic OH excluding ortho intramolecular Hbond substituents is 1. The highest BCUT2D eigenvalue weighted by Crippen LogP contribution is 2.43. The Morgan fingerprint density at radius 1 is 1.25 bits per heavy atom. The van der Waals surface area contributed by atoms with Gasteiger partial charge in [0.05, 0.1) is 29.8 Å². The van der Waals surface area contributed by atoms with Gasteiger partial charge in [-0.1, -0.05) is 0 Å². The van der Waals surface area contributed by atoms with Crippen molar-refractivity contribution in [3.63, 3.8) is 0 Å². The molecule has 2 fully saturated rings. The zero-order valence-corrected chi connectivity index (χ0v) is 18.5. The first-order chi connectivity index (χ1) is 15.3. The largest absolute Gasteiger partial charge is 0.507 e. The molecule has 0 unspecified atom stereocenters. The molecular formula is C23H28FN7O. The Bertz CT molecular complexity index is 1110. The maximum atomic E-state index is 15.5. The molecule has 2 aliphatic heterocycles. The van der Waals surface area contributed by atoms with E-state index >= 15 is 4.39 Å². The van der Waals surface area contributed by atoms with E-state index in [1.807, 2.05) is 24.9 Å². The van der Waals surface area contributed by atoms with Crippen LogP contribution in [0.4, 0.5) is 10.2 Å². The number of anilines is 1. The molecule has 5 rings (SSSR count). The van der Waals surface area contributed by atoms with Gasteiger partial charge in [-0.05, 0) is 51.7 Å². The Morgan fingerprint density at radius 2 is 2.09 bits per heavy atom. The number of hydrogen-bond acceptors (Lipinski definition) is 7. The Kier molecular flexibility index (Phi) is 4.88. The number of hydrogen-bond donors (Lipinski definition) is 2. The highest BCUT2D eigenvalue weighted by molar-refractivity contribution is 5.66. The van der Waals surface area contributed by atoms with Gasteiger partial charge in [0.2, 0.25) is 0 Å². The molecule has 2 aromatic heterocycles. The number of alkyl halides is 1. The topological polar surface area (TPSA) is 92.0 Å². The quantitative estimate of drug-likeness (QED) is 0.647. The Morgan fingerprint density at radius 3 is 2.78 bits per heavy atom. The second-order valence-corrected chi connectivity index (χ2v) is 9.55. The molecule has 0 amide bonds. The highest BCUT2D eigenvalue weighted by Gasteiger charge is 2.53. The van der Waals surface area contributed by atoms with Crippen molar-refractivity contribution in [2.45, 2.75) is 62.8 Å². The third-order valence-corrected chi connectivity index (χ3v) is 7.05. The van der Waals surface area contributed by atoms with Gasteiger partial charge in [-0.3, -0.25) is 0 Å². The summed E-state index contributed by atoms with van der Waals surface area (Å²) in [5, 5.41) is 22.6. The highest BCUT2D eigenvalue weighted by atomic mass is 19.1. The van der Waals surface area contributed by atoms with Crippen LogP contribution in [0.2, 0.25) is 0 Å². The first-order valence-electron chi connectivity index (χ1n) is 11.0. The van der Waals surface area contributed by atoms with Gasteiger partial charge in [-0.25, -0.2) is 14.4 Å². The molecule has 1 aromatic carbocycles. The van der Waals surface area contributed by atoms with Crippen molar-refractivity contribution < 1.29 is 9.50 Å². The smallest absolute Gasteiger partial charge is 0.185 e. The minimum atomic E-state index is -1.03. The van der Waals surface area contributed by atoms with Crippen molar-refractivity contribution >= 4 is 5.82 Å². The van der Waals surface area contributed by atoms with Crippen molar-refractivity contribution in [1.29, 1.82) is 0 Å². The maximum absolute atomic E-state index is 15.5. The van der Waals surface area contributed by atoms with E-state index in [1.165, 1.54) is 0 Å². The van der Waals surface area contributed by atoms with Crippen molar-refractivity contribution in [3.8, 4) is 22.8 Å². The molecule has 0 aliphatic carbocycles. The standard InChI is InChI=1S/C23H28FN7O/c1-22-7-4-8-23(2,29-22)20(24)17(12-22)30(3)19-13-26-21(28-27-19)16-6-5-15(11-18(16)32)31-10-9-25-14-31/h5-6,9-11,13-14,17,20,29,32H,4,7-8,12H2,1-3H3/t17-,20-,22-,23+/m1/s1. The van der Waals surface area contributed by atoms with E-state index in [0.29, 0.717) is 23.6 Å². The molecule has 2 aliphatic rings. The molecule has 0 radical (unpaired) electrons. The monoisotopic (exact) mass is 437 g/mol. The van der Waals surface area contributed by atoms with E-state index in [9.17, 15) is 5.11 Å². The normalized spacial score (nSPS) is 29.6. The van der Waals surface area contributed by atoms with Gasteiger partial charge in [0.25, 0.3) is 0 Å². The van der Waals surface area contributed by atoms with Gasteiger partial charge < -0.3 is 19.9 Å². The van der Waals surface area contributed by atoms with Gasteiger partial charge in [-0.2, -0.15) is 0 Å². The van der Waals surface area contributed by atoms with Crippen LogP contribution in [-0.4, -0.2) is 60.2 Å². The van der Waals surface area contributed by atoms with E-state index in [2.05, 4.69) is 32.4 Å². The van der Waals surface area contributed by atoms with E-state index in [4.69, 9.17) is 0 Å². The first-order valence-corrected chi connectivity index (χ1v) is 11.0. The van der Waals surface area contributed by atoms with Gasteiger partial charge in [0.1, 0.15) is 11.9 Å². The fraction of sp³-hybridized carbons (Fsp3) is 0.478. The number of piperidine rings is 2. The number of benzene rings is 1. The third-order valence-electron chi connectivity index (χ3n) is 7.05. The van der Waals surface area contributed by atoms with Gasteiger partial charge in [-0.15, -0.1) is 10.2 Å². The summed E-state index contributed by atoms with van der Waals surface area (Å²) in [5.74, 6) is 0.882. The van der Waals surface area contributed by atoms with Crippen LogP contribution in [0.1, 0.15) is 39.5 Å². The third kappa shape index (κ3) is 3.50. The fourth-order valence-electron chi connectivity index (χ4n) is 5.35. The average molecular weight is 438 g/mol. The molecule has 8 nitrogen and oxygen atoms in total. The van der Waals surface area contributed by atoms with Crippen LogP contribution in [-0.2, 0) is 0 Å². The van der Waals surface area contributed by atoms with E-state index in [-0.39, 0.29) is 17.3 Å². The van der Waals surface area contributed by atoms with Crippen molar-refractivity contribution in [1.82, 2.24) is 30.0 Å².